The number of hydrogen-bond acceptors (Lipinski definition) is 8. The number of hydrogen-bond donors (Lipinski definition) is 2. The Bertz CT molecular complexity index is 1140. The summed E-state index contributed by atoms with van der Waals surface area (Å²) >= 11 is 14.4. The van der Waals surface area contributed by atoms with Gasteiger partial charge in [0, 0.05) is 45.0 Å². The van der Waals surface area contributed by atoms with E-state index in [4.69, 9.17) is 32.7 Å². The third kappa shape index (κ3) is 5.60. The molecule has 1 aromatic carbocycles. The molecule has 0 radical (unpaired) electrons. The first-order valence-electron chi connectivity index (χ1n) is 10.3. The van der Waals surface area contributed by atoms with Crippen molar-refractivity contribution in [2.75, 3.05) is 13.7 Å². The molecule has 34 heavy (non-hydrogen) atoms. The zero-order valence-corrected chi connectivity index (χ0v) is 20.7. The predicted octanol–water partition coefficient (Wildman–Crippen LogP) is 4.49. The second-order valence-corrected chi connectivity index (χ2v) is 8.98. The monoisotopic (exact) mass is 524 g/mol. The molecule has 2 N–H and O–H groups in total. The molecule has 0 amide bonds. The molecule has 0 aliphatic carbocycles. The van der Waals surface area contributed by atoms with Crippen molar-refractivity contribution >= 4 is 52.4 Å². The fourth-order valence-electron chi connectivity index (χ4n) is 3.79. The average Bonchev–Trinajstić information content (AvgIpc) is 3.30. The Morgan fingerprint density at radius 2 is 1.85 bits per heavy atom. The minimum absolute atomic E-state index is 0.0547. The summed E-state index contributed by atoms with van der Waals surface area (Å²) in [6.07, 6.45) is 2.10. The lowest BCUT2D eigenvalue weighted by Crippen LogP contribution is -2.34. The quantitative estimate of drug-likeness (QED) is 0.461. The highest BCUT2D eigenvalue weighted by atomic mass is 35.5. The lowest BCUT2D eigenvalue weighted by atomic mass is 9.79. The van der Waals surface area contributed by atoms with Crippen molar-refractivity contribution in [2.24, 2.45) is 0 Å². The van der Waals surface area contributed by atoms with Crippen LogP contribution in [-0.2, 0) is 30.3 Å². The standard InChI is InChI=1S/C23H22Cl2N2O6S/c1-3-33-17(28)11-15-19(22(29)30)21(18-12(24)5-4-6-13(18)25)20(23(31)32-2)14(27-15)7-8-16-26-9-10-34-16/h4-6,9-10,21,27H,3,7-8,11H2,1-2H3,(H,29,30). The summed E-state index contributed by atoms with van der Waals surface area (Å²) in [4.78, 5) is 42.1. The zero-order chi connectivity index (χ0) is 24.8. The van der Waals surface area contributed by atoms with E-state index in [0.29, 0.717) is 18.5 Å². The largest absolute Gasteiger partial charge is 0.478 e. The maximum absolute atomic E-state index is 13.0. The topological polar surface area (TPSA) is 115 Å². The number of carbonyl (C=O) groups is 3. The summed E-state index contributed by atoms with van der Waals surface area (Å²) in [5.74, 6) is -3.87. The van der Waals surface area contributed by atoms with Crippen LogP contribution in [0.25, 0.3) is 0 Å². The third-order valence-electron chi connectivity index (χ3n) is 5.15. The number of thiazole rings is 1. The van der Waals surface area contributed by atoms with Crippen molar-refractivity contribution in [3.63, 3.8) is 0 Å². The van der Waals surface area contributed by atoms with Gasteiger partial charge in [-0.2, -0.15) is 0 Å². The van der Waals surface area contributed by atoms with Crippen LogP contribution in [0.15, 0.2) is 52.3 Å². The van der Waals surface area contributed by atoms with E-state index in [1.165, 1.54) is 18.4 Å². The SMILES string of the molecule is CCOC(=O)CC1=C(C(=O)O)C(c2c(Cl)cccc2Cl)C(C(=O)OC)=C(CCc2nccs2)N1. The molecule has 11 heteroatoms. The minimum atomic E-state index is -1.34. The van der Waals surface area contributed by atoms with Crippen LogP contribution >= 0.6 is 34.5 Å². The van der Waals surface area contributed by atoms with Gasteiger partial charge in [-0.25, -0.2) is 14.6 Å². The van der Waals surface area contributed by atoms with E-state index in [9.17, 15) is 19.5 Å². The van der Waals surface area contributed by atoms with Crippen LogP contribution in [0.2, 0.25) is 10.0 Å². The molecule has 2 heterocycles. The molecule has 1 aliphatic heterocycles. The van der Waals surface area contributed by atoms with Crippen LogP contribution in [-0.4, -0.2) is 41.7 Å². The number of aryl methyl sites for hydroxylation is 1. The van der Waals surface area contributed by atoms with Gasteiger partial charge in [-0.1, -0.05) is 29.3 Å². The highest BCUT2D eigenvalue weighted by Crippen LogP contribution is 2.45. The fourth-order valence-corrected chi connectivity index (χ4v) is 5.03. The predicted molar refractivity (Wildman–Crippen MR) is 128 cm³/mol. The Kier molecular flexibility index (Phi) is 8.71. The van der Waals surface area contributed by atoms with Crippen LogP contribution in [0.1, 0.15) is 36.3 Å². The number of methoxy groups -OCH3 is 1. The van der Waals surface area contributed by atoms with Gasteiger partial charge in [-0.3, -0.25) is 4.79 Å². The van der Waals surface area contributed by atoms with E-state index in [0.717, 1.165) is 5.01 Å². The molecular weight excluding hydrogens is 503 g/mol. The van der Waals surface area contributed by atoms with Gasteiger partial charge in [0.15, 0.2) is 0 Å². The van der Waals surface area contributed by atoms with Gasteiger partial charge in [0.05, 0.1) is 42.2 Å². The number of aromatic nitrogens is 1. The Morgan fingerprint density at radius 1 is 1.15 bits per heavy atom. The molecule has 8 nitrogen and oxygen atoms in total. The number of esters is 2. The zero-order valence-electron chi connectivity index (χ0n) is 18.4. The number of aliphatic carboxylic acids is 1. The van der Waals surface area contributed by atoms with E-state index >= 15 is 0 Å². The number of carbonyl (C=O) groups excluding carboxylic acids is 2. The number of rotatable bonds is 9. The van der Waals surface area contributed by atoms with Crippen molar-refractivity contribution in [1.29, 1.82) is 0 Å². The first kappa shape index (κ1) is 25.7. The Balaban J connectivity index is 2.24. The number of nitrogens with zero attached hydrogens (tertiary/aromatic N) is 1. The summed E-state index contributed by atoms with van der Waals surface area (Å²) in [5.41, 5.74) is 0.542. The van der Waals surface area contributed by atoms with Crippen LogP contribution in [0.4, 0.5) is 0 Å². The molecule has 2 aromatic rings. The van der Waals surface area contributed by atoms with Crippen molar-refractivity contribution in [2.45, 2.75) is 32.1 Å². The Morgan fingerprint density at radius 3 is 2.41 bits per heavy atom. The van der Waals surface area contributed by atoms with Gasteiger partial charge in [0.2, 0.25) is 0 Å². The number of benzene rings is 1. The number of nitrogens with one attached hydrogen (secondary N) is 1. The highest BCUT2D eigenvalue weighted by Gasteiger charge is 2.41. The van der Waals surface area contributed by atoms with E-state index in [1.54, 1.807) is 31.3 Å². The molecule has 1 aliphatic rings. The summed E-state index contributed by atoms with van der Waals surface area (Å²) in [7, 11) is 1.21. The second-order valence-electron chi connectivity index (χ2n) is 7.18. The molecule has 0 saturated carbocycles. The number of ether oxygens (including phenoxy) is 2. The molecule has 0 fully saturated rings. The summed E-state index contributed by atoms with van der Waals surface area (Å²) in [6.45, 7) is 1.79. The number of carboxylic acids is 1. The highest BCUT2D eigenvalue weighted by molar-refractivity contribution is 7.09. The smallest absolute Gasteiger partial charge is 0.336 e. The van der Waals surface area contributed by atoms with Gasteiger partial charge in [0.25, 0.3) is 0 Å². The number of halogens is 2. The summed E-state index contributed by atoms with van der Waals surface area (Å²) < 4.78 is 10.1. The Hall–Kier alpha value is -2.88. The number of allylic oxidation sites excluding steroid dienone is 1. The molecule has 1 aromatic heterocycles. The Labute approximate surface area is 210 Å². The van der Waals surface area contributed by atoms with Crippen molar-refractivity contribution < 1.29 is 29.0 Å². The first-order chi connectivity index (χ1) is 16.3. The fraction of sp³-hybridized carbons (Fsp3) is 0.304. The number of dihydropyridines is 1. The summed E-state index contributed by atoms with van der Waals surface area (Å²) in [6, 6.07) is 4.72. The summed E-state index contributed by atoms with van der Waals surface area (Å²) in [5, 5.41) is 16.2. The molecule has 0 saturated heterocycles. The van der Waals surface area contributed by atoms with E-state index in [2.05, 4.69) is 10.3 Å². The van der Waals surface area contributed by atoms with Crippen LogP contribution in [0.5, 0.6) is 0 Å². The number of carboxylic acid groups (broad SMARTS) is 1. The third-order valence-corrected chi connectivity index (χ3v) is 6.65. The van der Waals surface area contributed by atoms with Crippen molar-refractivity contribution in [1.82, 2.24) is 10.3 Å². The maximum atomic E-state index is 13.0. The molecule has 0 spiro atoms. The minimum Gasteiger partial charge on any atom is -0.478 e. The molecule has 3 rings (SSSR count). The lowest BCUT2D eigenvalue weighted by Gasteiger charge is -2.32. The second kappa shape index (κ2) is 11.5. The maximum Gasteiger partial charge on any atom is 0.336 e. The van der Waals surface area contributed by atoms with Gasteiger partial charge < -0.3 is 19.9 Å². The normalized spacial score (nSPS) is 15.7. The van der Waals surface area contributed by atoms with E-state index < -0.39 is 23.8 Å². The van der Waals surface area contributed by atoms with Crippen molar-refractivity contribution in [3.05, 3.63) is 72.9 Å². The van der Waals surface area contributed by atoms with E-state index in [1.807, 2.05) is 5.38 Å². The van der Waals surface area contributed by atoms with Crippen LogP contribution in [0.3, 0.4) is 0 Å². The molecular formula is C23H22Cl2N2O6S. The van der Waals surface area contributed by atoms with Gasteiger partial charge >= 0.3 is 17.9 Å². The molecule has 180 valence electrons. The van der Waals surface area contributed by atoms with E-state index in [-0.39, 0.29) is 45.5 Å². The van der Waals surface area contributed by atoms with Crippen molar-refractivity contribution in [3.8, 4) is 0 Å². The lowest BCUT2D eigenvalue weighted by molar-refractivity contribution is -0.142. The molecule has 1 unspecified atom stereocenters. The van der Waals surface area contributed by atoms with Gasteiger partial charge in [-0.15, -0.1) is 11.3 Å². The van der Waals surface area contributed by atoms with Crippen LogP contribution in [0, 0.1) is 0 Å². The molecule has 0 bridgehead atoms. The molecule has 1 atom stereocenters. The first-order valence-corrected chi connectivity index (χ1v) is 11.9. The average molecular weight is 525 g/mol. The van der Waals surface area contributed by atoms with Gasteiger partial charge in [0.1, 0.15) is 0 Å². The van der Waals surface area contributed by atoms with Gasteiger partial charge in [-0.05, 0) is 25.5 Å². The van der Waals surface area contributed by atoms with Crippen LogP contribution < -0.4 is 5.32 Å².